The molecule has 0 fully saturated rings. The average molecular weight is 262 g/mol. The zero-order chi connectivity index (χ0) is 14.1. The van der Waals surface area contributed by atoms with E-state index in [0.717, 1.165) is 21.5 Å². The van der Waals surface area contributed by atoms with E-state index in [1.807, 2.05) is 48.5 Å². The summed E-state index contributed by atoms with van der Waals surface area (Å²) in [6, 6.07) is 17.7. The van der Waals surface area contributed by atoms with Gasteiger partial charge in [-0.15, -0.1) is 0 Å². The summed E-state index contributed by atoms with van der Waals surface area (Å²) in [6.07, 6.45) is -0.0436. The van der Waals surface area contributed by atoms with Crippen molar-refractivity contribution in [1.29, 1.82) is 0 Å². The molecule has 2 nitrogen and oxygen atoms in total. The van der Waals surface area contributed by atoms with Gasteiger partial charge >= 0.3 is 0 Å². The van der Waals surface area contributed by atoms with Crippen molar-refractivity contribution in [3.63, 3.8) is 0 Å². The summed E-state index contributed by atoms with van der Waals surface area (Å²) in [6.45, 7) is 1.45. The Kier molecular flexibility index (Phi) is 3.07. The molecule has 0 aliphatic heterocycles. The van der Waals surface area contributed by atoms with Crippen molar-refractivity contribution >= 4 is 33.1 Å². The molecule has 0 unspecified atom stereocenters. The first-order valence-corrected chi connectivity index (χ1v) is 6.60. The molecule has 0 N–H and O–H groups in total. The van der Waals surface area contributed by atoms with Gasteiger partial charge in [0.1, 0.15) is 5.78 Å². The quantitative estimate of drug-likeness (QED) is 0.403. The van der Waals surface area contributed by atoms with E-state index in [1.54, 1.807) is 0 Å². The van der Waals surface area contributed by atoms with Crippen LogP contribution in [-0.2, 0) is 4.79 Å². The number of ketones is 2. The molecule has 0 bridgehead atoms. The van der Waals surface area contributed by atoms with Crippen LogP contribution in [0.5, 0.6) is 0 Å². The maximum absolute atomic E-state index is 12.5. The molecule has 98 valence electrons. The zero-order valence-electron chi connectivity index (χ0n) is 11.2. The van der Waals surface area contributed by atoms with Crippen LogP contribution in [0.4, 0.5) is 0 Å². The Morgan fingerprint density at radius 1 is 0.850 bits per heavy atom. The molecule has 0 aliphatic rings. The van der Waals surface area contributed by atoms with Gasteiger partial charge in [0, 0.05) is 5.56 Å². The minimum absolute atomic E-state index is 0.0436. The maximum Gasteiger partial charge on any atom is 0.171 e. The molecule has 3 aromatic carbocycles. The molecule has 0 aliphatic carbocycles. The number of benzene rings is 3. The Labute approximate surface area is 117 Å². The van der Waals surface area contributed by atoms with Crippen molar-refractivity contribution in [1.82, 2.24) is 0 Å². The van der Waals surface area contributed by atoms with Gasteiger partial charge in [0.25, 0.3) is 0 Å². The van der Waals surface area contributed by atoms with E-state index >= 15 is 0 Å². The number of Topliss-reactive ketones (excluding diaryl/α,β-unsaturated/α-hetero) is 2. The van der Waals surface area contributed by atoms with Crippen LogP contribution in [-0.4, -0.2) is 11.6 Å². The fourth-order valence-electron chi connectivity index (χ4n) is 2.63. The predicted molar refractivity (Wildman–Crippen MR) is 81.1 cm³/mol. The minimum atomic E-state index is -0.106. The first-order valence-electron chi connectivity index (χ1n) is 6.60. The van der Waals surface area contributed by atoms with Crippen LogP contribution in [0.1, 0.15) is 23.7 Å². The highest BCUT2D eigenvalue weighted by Gasteiger charge is 2.15. The lowest BCUT2D eigenvalue weighted by Gasteiger charge is -2.10. The molecule has 0 spiro atoms. The molecular formula is C18H14O2. The van der Waals surface area contributed by atoms with Gasteiger partial charge in [0.2, 0.25) is 0 Å². The highest BCUT2D eigenvalue weighted by Crippen LogP contribution is 2.29. The lowest BCUT2D eigenvalue weighted by atomic mass is 9.93. The van der Waals surface area contributed by atoms with Crippen molar-refractivity contribution in [2.75, 3.05) is 0 Å². The van der Waals surface area contributed by atoms with Crippen molar-refractivity contribution in [3.05, 3.63) is 60.2 Å². The summed E-state index contributed by atoms with van der Waals surface area (Å²) in [5.41, 5.74) is 0.661. The largest absolute Gasteiger partial charge is 0.300 e. The Balaban J connectivity index is 2.39. The van der Waals surface area contributed by atoms with Gasteiger partial charge in [-0.25, -0.2) is 0 Å². The normalized spacial score (nSPS) is 10.8. The molecule has 3 rings (SSSR count). The Morgan fingerprint density at radius 2 is 1.35 bits per heavy atom. The molecule has 0 radical (unpaired) electrons. The molecule has 0 heterocycles. The minimum Gasteiger partial charge on any atom is -0.300 e. The molecule has 0 saturated carbocycles. The molecule has 0 saturated heterocycles. The number of carbonyl (C=O) groups is 2. The van der Waals surface area contributed by atoms with E-state index in [0.29, 0.717) is 5.56 Å². The van der Waals surface area contributed by atoms with Crippen molar-refractivity contribution in [2.45, 2.75) is 13.3 Å². The van der Waals surface area contributed by atoms with Crippen molar-refractivity contribution < 1.29 is 9.59 Å². The predicted octanol–water partition coefficient (Wildman–Crippen LogP) is 4.15. The first kappa shape index (κ1) is 12.5. The summed E-state index contributed by atoms with van der Waals surface area (Å²) in [5, 5.41) is 3.88. The number of fused-ring (bicyclic) bond motifs is 2. The average Bonchev–Trinajstić information content (AvgIpc) is 2.43. The van der Waals surface area contributed by atoms with Crippen LogP contribution in [0.15, 0.2) is 54.6 Å². The molecular weight excluding hydrogens is 248 g/mol. The van der Waals surface area contributed by atoms with E-state index in [4.69, 9.17) is 0 Å². The number of carbonyl (C=O) groups excluding carboxylic acids is 2. The van der Waals surface area contributed by atoms with Crippen LogP contribution in [0, 0.1) is 0 Å². The Hall–Kier alpha value is -2.48. The van der Waals surface area contributed by atoms with Gasteiger partial charge in [-0.1, -0.05) is 48.5 Å². The van der Waals surface area contributed by atoms with E-state index in [1.165, 1.54) is 6.92 Å². The van der Waals surface area contributed by atoms with Crippen LogP contribution < -0.4 is 0 Å². The number of hydrogen-bond acceptors (Lipinski definition) is 2. The van der Waals surface area contributed by atoms with Gasteiger partial charge in [-0.05, 0) is 34.5 Å². The maximum atomic E-state index is 12.5. The second-order valence-electron chi connectivity index (χ2n) is 5.00. The lowest BCUT2D eigenvalue weighted by Crippen LogP contribution is -2.06. The third-order valence-corrected chi connectivity index (χ3v) is 3.46. The molecule has 2 heteroatoms. The first-order chi connectivity index (χ1) is 9.66. The van der Waals surface area contributed by atoms with Crippen LogP contribution in [0.25, 0.3) is 21.5 Å². The van der Waals surface area contributed by atoms with Crippen LogP contribution >= 0.6 is 0 Å². The fraction of sp³-hybridized carbons (Fsp3) is 0.111. The SMILES string of the molecule is CC(=O)CC(=O)c1c2ccccc2cc2ccccc12. The third kappa shape index (κ3) is 2.10. The molecule has 20 heavy (non-hydrogen) atoms. The van der Waals surface area contributed by atoms with Crippen LogP contribution in [0.2, 0.25) is 0 Å². The van der Waals surface area contributed by atoms with Crippen LogP contribution in [0.3, 0.4) is 0 Å². The summed E-state index contributed by atoms with van der Waals surface area (Å²) in [7, 11) is 0. The summed E-state index contributed by atoms with van der Waals surface area (Å²) >= 11 is 0. The van der Waals surface area contributed by atoms with Gasteiger partial charge in [0.05, 0.1) is 6.42 Å². The Bertz CT molecular complexity index is 777. The third-order valence-electron chi connectivity index (χ3n) is 3.46. The van der Waals surface area contributed by atoms with E-state index in [2.05, 4.69) is 6.07 Å². The smallest absolute Gasteiger partial charge is 0.171 e. The lowest BCUT2D eigenvalue weighted by molar-refractivity contribution is -0.116. The van der Waals surface area contributed by atoms with Crippen molar-refractivity contribution in [2.24, 2.45) is 0 Å². The van der Waals surface area contributed by atoms with Gasteiger partial charge in [-0.2, -0.15) is 0 Å². The topological polar surface area (TPSA) is 34.1 Å². The highest BCUT2D eigenvalue weighted by atomic mass is 16.1. The van der Waals surface area contributed by atoms with E-state index in [-0.39, 0.29) is 18.0 Å². The fourth-order valence-corrected chi connectivity index (χ4v) is 2.63. The Morgan fingerprint density at radius 3 is 1.85 bits per heavy atom. The summed E-state index contributed by atoms with van der Waals surface area (Å²) in [4.78, 5) is 23.7. The summed E-state index contributed by atoms with van der Waals surface area (Å²) in [5.74, 6) is -0.211. The van der Waals surface area contributed by atoms with E-state index in [9.17, 15) is 9.59 Å². The second-order valence-corrected chi connectivity index (χ2v) is 5.00. The monoisotopic (exact) mass is 262 g/mol. The van der Waals surface area contributed by atoms with Crippen molar-refractivity contribution in [3.8, 4) is 0 Å². The van der Waals surface area contributed by atoms with Gasteiger partial charge in [-0.3, -0.25) is 9.59 Å². The highest BCUT2D eigenvalue weighted by molar-refractivity contribution is 6.22. The van der Waals surface area contributed by atoms with Gasteiger partial charge in [0.15, 0.2) is 5.78 Å². The second kappa shape index (κ2) is 4.89. The number of hydrogen-bond donors (Lipinski definition) is 0. The van der Waals surface area contributed by atoms with Gasteiger partial charge < -0.3 is 0 Å². The van der Waals surface area contributed by atoms with E-state index < -0.39 is 0 Å². The molecule has 0 atom stereocenters. The molecule has 3 aromatic rings. The molecule has 0 aromatic heterocycles. The summed E-state index contributed by atoms with van der Waals surface area (Å²) < 4.78 is 0. The zero-order valence-corrected chi connectivity index (χ0v) is 11.2. The number of rotatable bonds is 3. The standard InChI is InChI=1S/C18H14O2/c1-12(19)10-17(20)18-15-8-4-2-6-13(15)11-14-7-3-5-9-16(14)18/h2-9,11H,10H2,1H3. The molecule has 0 amide bonds.